The minimum Gasteiger partial charge on any atom is -0.502 e. The molecule has 1 aromatic heterocycles. The molecule has 0 radical (unpaired) electrons. The van der Waals surface area contributed by atoms with E-state index in [0.29, 0.717) is 5.82 Å². The summed E-state index contributed by atoms with van der Waals surface area (Å²) < 4.78 is 0. The molecule has 0 bridgehead atoms. The largest absolute Gasteiger partial charge is 0.502 e. The first-order chi connectivity index (χ1) is 10.2. The van der Waals surface area contributed by atoms with Gasteiger partial charge in [-0.2, -0.15) is 0 Å². The van der Waals surface area contributed by atoms with Crippen LogP contribution >= 0.6 is 11.8 Å². The van der Waals surface area contributed by atoms with E-state index in [0.717, 1.165) is 21.6 Å². The predicted molar refractivity (Wildman–Crippen MR) is 82.5 cm³/mol. The molecule has 0 fully saturated rings. The molecule has 1 heterocycles. The van der Waals surface area contributed by atoms with Gasteiger partial charge in [-0.1, -0.05) is 48.2 Å². The average Bonchev–Trinajstić information content (AvgIpc) is 2.52. The van der Waals surface area contributed by atoms with Crippen LogP contribution in [0.1, 0.15) is 0 Å². The van der Waals surface area contributed by atoms with Crippen molar-refractivity contribution in [2.45, 2.75) is 9.79 Å². The Hall–Kier alpha value is -2.53. The minimum absolute atomic E-state index is 0.382. The highest BCUT2D eigenvalue weighted by Crippen LogP contribution is 2.34. The smallest absolute Gasteiger partial charge is 0.293 e. The Morgan fingerprint density at radius 2 is 1.71 bits per heavy atom. The summed E-state index contributed by atoms with van der Waals surface area (Å²) in [6, 6.07) is 17.7. The minimum atomic E-state index is -0.542. The quantitative estimate of drug-likeness (QED) is 0.778. The van der Waals surface area contributed by atoms with Gasteiger partial charge in [-0.3, -0.25) is 4.79 Å². The maximum atomic E-state index is 11.5. The zero-order valence-electron chi connectivity index (χ0n) is 11.0. The molecular weight excluding hydrogens is 284 g/mol. The van der Waals surface area contributed by atoms with Crippen molar-refractivity contribution in [2.24, 2.45) is 0 Å². The van der Waals surface area contributed by atoms with E-state index >= 15 is 0 Å². The Bertz CT molecular complexity index is 816. The van der Waals surface area contributed by atoms with Gasteiger partial charge in [-0.15, -0.1) is 0 Å². The maximum absolute atomic E-state index is 11.5. The summed E-state index contributed by atoms with van der Waals surface area (Å²) in [5.41, 5.74) is 0.281. The van der Waals surface area contributed by atoms with E-state index in [2.05, 4.69) is 9.97 Å². The van der Waals surface area contributed by atoms with Crippen molar-refractivity contribution in [3.05, 3.63) is 71.1 Å². The molecule has 0 saturated heterocycles. The van der Waals surface area contributed by atoms with E-state index in [1.54, 1.807) is 11.8 Å². The number of aromatic hydroxyl groups is 1. The molecular formula is C16H12N2O2S. The fourth-order valence-electron chi connectivity index (χ4n) is 1.89. The number of nitrogens with zero attached hydrogens (tertiary/aromatic N) is 1. The monoisotopic (exact) mass is 296 g/mol. The first-order valence-corrected chi connectivity index (χ1v) is 7.16. The number of nitrogens with one attached hydrogen (secondary N) is 1. The number of rotatable bonds is 3. The summed E-state index contributed by atoms with van der Waals surface area (Å²) in [5.74, 6) is 0.0591. The van der Waals surface area contributed by atoms with Gasteiger partial charge in [0.2, 0.25) is 0 Å². The van der Waals surface area contributed by atoms with Crippen molar-refractivity contribution in [3.8, 4) is 17.1 Å². The van der Waals surface area contributed by atoms with E-state index in [-0.39, 0.29) is 5.75 Å². The van der Waals surface area contributed by atoms with Gasteiger partial charge < -0.3 is 10.1 Å². The number of hydrogen-bond acceptors (Lipinski definition) is 4. The van der Waals surface area contributed by atoms with Gasteiger partial charge in [0.1, 0.15) is 5.82 Å². The van der Waals surface area contributed by atoms with Crippen LogP contribution in [0.5, 0.6) is 5.75 Å². The van der Waals surface area contributed by atoms with Crippen LogP contribution in [0.2, 0.25) is 0 Å². The molecule has 4 nitrogen and oxygen atoms in total. The molecule has 0 aliphatic heterocycles. The van der Waals surface area contributed by atoms with Gasteiger partial charge in [0.05, 0.1) is 6.20 Å². The van der Waals surface area contributed by atoms with Crippen LogP contribution in [0.15, 0.2) is 75.4 Å². The van der Waals surface area contributed by atoms with Crippen LogP contribution in [0.4, 0.5) is 0 Å². The third-order valence-corrected chi connectivity index (χ3v) is 3.98. The van der Waals surface area contributed by atoms with Gasteiger partial charge in [0.15, 0.2) is 5.75 Å². The van der Waals surface area contributed by atoms with Crippen LogP contribution in [0.25, 0.3) is 11.4 Å². The lowest BCUT2D eigenvalue weighted by Crippen LogP contribution is -2.07. The molecule has 0 aliphatic rings. The molecule has 104 valence electrons. The Labute approximate surface area is 125 Å². The van der Waals surface area contributed by atoms with Crippen molar-refractivity contribution in [2.75, 3.05) is 0 Å². The maximum Gasteiger partial charge on any atom is 0.293 e. The van der Waals surface area contributed by atoms with Crippen molar-refractivity contribution < 1.29 is 5.11 Å². The van der Waals surface area contributed by atoms with E-state index in [1.807, 2.05) is 54.6 Å². The summed E-state index contributed by atoms with van der Waals surface area (Å²) in [6.07, 6.45) is 1.16. The average molecular weight is 296 g/mol. The van der Waals surface area contributed by atoms with E-state index in [4.69, 9.17) is 0 Å². The van der Waals surface area contributed by atoms with Crippen molar-refractivity contribution >= 4 is 11.8 Å². The molecule has 0 spiro atoms. The lowest BCUT2D eigenvalue weighted by molar-refractivity contribution is 0.463. The van der Waals surface area contributed by atoms with E-state index < -0.39 is 5.56 Å². The predicted octanol–water partition coefficient (Wildman–Crippen LogP) is 3.29. The second kappa shape index (κ2) is 5.85. The standard InChI is InChI=1S/C16H12N2O2S/c19-13-10-17-15(18-16(13)20)12-8-4-5-9-14(12)21-11-6-2-1-3-7-11/h1-10,19H,(H,17,18,20). The lowest BCUT2D eigenvalue weighted by Gasteiger charge is -2.08. The van der Waals surface area contributed by atoms with Crippen LogP contribution in [-0.4, -0.2) is 15.1 Å². The van der Waals surface area contributed by atoms with Crippen LogP contribution in [-0.2, 0) is 0 Å². The van der Waals surface area contributed by atoms with Crippen molar-refractivity contribution in [1.29, 1.82) is 0 Å². The third-order valence-electron chi connectivity index (χ3n) is 2.89. The molecule has 21 heavy (non-hydrogen) atoms. The number of hydrogen-bond donors (Lipinski definition) is 2. The number of aromatic nitrogens is 2. The van der Waals surface area contributed by atoms with Gasteiger partial charge >= 0.3 is 0 Å². The number of benzene rings is 2. The molecule has 0 atom stereocenters. The molecule has 0 aliphatic carbocycles. The normalized spacial score (nSPS) is 10.5. The first-order valence-electron chi connectivity index (χ1n) is 6.34. The zero-order valence-corrected chi connectivity index (χ0v) is 11.8. The van der Waals surface area contributed by atoms with Crippen LogP contribution in [0.3, 0.4) is 0 Å². The highest BCUT2D eigenvalue weighted by Gasteiger charge is 2.09. The number of aromatic amines is 1. The number of H-pyrrole nitrogens is 1. The van der Waals surface area contributed by atoms with Gasteiger partial charge in [0, 0.05) is 15.4 Å². The van der Waals surface area contributed by atoms with Crippen LogP contribution < -0.4 is 5.56 Å². The molecule has 3 aromatic rings. The summed E-state index contributed by atoms with van der Waals surface area (Å²) in [7, 11) is 0. The Balaban J connectivity index is 2.03. The molecule has 2 aromatic carbocycles. The van der Waals surface area contributed by atoms with Crippen LogP contribution in [0, 0.1) is 0 Å². The molecule has 0 unspecified atom stereocenters. The Morgan fingerprint density at radius 3 is 2.48 bits per heavy atom. The summed E-state index contributed by atoms with van der Waals surface area (Å²) >= 11 is 1.59. The summed E-state index contributed by atoms with van der Waals surface area (Å²) in [6.45, 7) is 0. The van der Waals surface area contributed by atoms with Gasteiger partial charge in [-0.25, -0.2) is 4.98 Å². The Morgan fingerprint density at radius 1 is 1.00 bits per heavy atom. The topological polar surface area (TPSA) is 66.0 Å². The fourth-order valence-corrected chi connectivity index (χ4v) is 2.86. The second-order valence-electron chi connectivity index (χ2n) is 4.36. The molecule has 3 rings (SSSR count). The summed E-state index contributed by atoms with van der Waals surface area (Å²) in [5, 5.41) is 9.28. The fraction of sp³-hybridized carbons (Fsp3) is 0. The highest BCUT2D eigenvalue weighted by atomic mass is 32.2. The first kappa shape index (κ1) is 13.5. The van der Waals surface area contributed by atoms with Gasteiger partial charge in [-0.05, 0) is 18.2 Å². The summed E-state index contributed by atoms with van der Waals surface area (Å²) in [4.78, 5) is 20.3. The molecule has 2 N–H and O–H groups in total. The molecule has 0 amide bonds. The SMILES string of the molecule is O=c1[nH]c(-c2ccccc2Sc2ccccc2)ncc1O. The third kappa shape index (κ3) is 2.98. The Kier molecular flexibility index (Phi) is 3.75. The lowest BCUT2D eigenvalue weighted by atomic mass is 10.2. The van der Waals surface area contributed by atoms with Crippen molar-refractivity contribution in [3.63, 3.8) is 0 Å². The molecule has 0 saturated carbocycles. The van der Waals surface area contributed by atoms with Gasteiger partial charge in [0.25, 0.3) is 5.56 Å². The van der Waals surface area contributed by atoms with E-state index in [1.165, 1.54) is 0 Å². The zero-order chi connectivity index (χ0) is 14.7. The highest BCUT2D eigenvalue weighted by molar-refractivity contribution is 7.99. The molecule has 5 heteroatoms. The van der Waals surface area contributed by atoms with E-state index in [9.17, 15) is 9.90 Å². The van der Waals surface area contributed by atoms with Crippen molar-refractivity contribution in [1.82, 2.24) is 9.97 Å². The second-order valence-corrected chi connectivity index (χ2v) is 5.47.